The van der Waals surface area contributed by atoms with Gasteiger partial charge in [-0.25, -0.2) is 9.97 Å². The first-order valence-corrected chi connectivity index (χ1v) is 8.32. The Kier molecular flexibility index (Phi) is 4.01. The maximum atomic E-state index is 12.8. The van der Waals surface area contributed by atoms with E-state index in [4.69, 9.17) is 0 Å². The molecule has 6 nitrogen and oxygen atoms in total. The van der Waals surface area contributed by atoms with E-state index < -0.39 is 23.6 Å². The van der Waals surface area contributed by atoms with Crippen molar-refractivity contribution in [1.29, 1.82) is 0 Å². The van der Waals surface area contributed by atoms with E-state index in [0.29, 0.717) is 42.2 Å². The zero-order chi connectivity index (χ0) is 19.2. The highest BCUT2D eigenvalue weighted by Gasteiger charge is 2.31. The Hall–Kier alpha value is -3.10. The van der Waals surface area contributed by atoms with Gasteiger partial charge in [-0.2, -0.15) is 13.2 Å². The van der Waals surface area contributed by atoms with Crippen molar-refractivity contribution in [3.05, 3.63) is 48.4 Å². The minimum atomic E-state index is -4.40. The number of benzene rings is 1. The summed E-state index contributed by atoms with van der Waals surface area (Å²) < 4.78 is 40.2. The number of hydrogen-bond acceptors (Lipinski definition) is 4. The van der Waals surface area contributed by atoms with Gasteiger partial charge in [-0.3, -0.25) is 4.79 Å². The van der Waals surface area contributed by atoms with Crippen LogP contribution in [0.15, 0.2) is 42.9 Å². The molecule has 1 aliphatic heterocycles. The first-order chi connectivity index (χ1) is 12.8. The van der Waals surface area contributed by atoms with Crippen molar-refractivity contribution >= 4 is 17.4 Å². The summed E-state index contributed by atoms with van der Waals surface area (Å²) in [7, 11) is 0. The SMILES string of the molecule is O=C(O)C1CCN(c2cn3ccnc3c(-c3ccc(C(F)(F)F)cc3)n2)C1. The van der Waals surface area contributed by atoms with Crippen LogP contribution in [0.25, 0.3) is 16.9 Å². The van der Waals surface area contributed by atoms with E-state index in [9.17, 15) is 23.1 Å². The van der Waals surface area contributed by atoms with E-state index >= 15 is 0 Å². The highest BCUT2D eigenvalue weighted by atomic mass is 19.4. The maximum absolute atomic E-state index is 12.8. The standard InChI is InChI=1S/C18H15F3N4O2/c19-18(20,21)13-3-1-11(2-4-13)15-16-22-6-8-25(16)10-14(23-15)24-7-5-12(9-24)17(26)27/h1-4,6,8,10,12H,5,7,9H2,(H,26,27). The molecule has 1 atom stereocenters. The van der Waals surface area contributed by atoms with Crippen molar-refractivity contribution in [2.24, 2.45) is 5.92 Å². The third kappa shape index (κ3) is 3.20. The normalized spacial score (nSPS) is 17.6. The van der Waals surface area contributed by atoms with Crippen molar-refractivity contribution in [2.45, 2.75) is 12.6 Å². The monoisotopic (exact) mass is 376 g/mol. The molecule has 140 valence electrons. The molecule has 1 unspecified atom stereocenters. The van der Waals surface area contributed by atoms with Crippen molar-refractivity contribution in [1.82, 2.24) is 14.4 Å². The summed E-state index contributed by atoms with van der Waals surface area (Å²) in [5.41, 5.74) is 0.748. The van der Waals surface area contributed by atoms with Crippen molar-refractivity contribution in [3.8, 4) is 11.3 Å². The predicted molar refractivity (Wildman–Crippen MR) is 91.4 cm³/mol. The lowest BCUT2D eigenvalue weighted by Crippen LogP contribution is -2.24. The van der Waals surface area contributed by atoms with Gasteiger partial charge in [0.1, 0.15) is 11.5 Å². The number of alkyl halides is 3. The van der Waals surface area contributed by atoms with Gasteiger partial charge in [0.15, 0.2) is 5.65 Å². The van der Waals surface area contributed by atoms with Gasteiger partial charge in [0.2, 0.25) is 0 Å². The van der Waals surface area contributed by atoms with Crippen molar-refractivity contribution in [2.75, 3.05) is 18.0 Å². The maximum Gasteiger partial charge on any atom is 0.416 e. The Labute approximate surface area is 151 Å². The molecule has 0 amide bonds. The number of hydrogen-bond donors (Lipinski definition) is 1. The van der Waals surface area contributed by atoms with Crippen LogP contribution in [0, 0.1) is 5.92 Å². The van der Waals surface area contributed by atoms with Gasteiger partial charge in [-0.05, 0) is 18.6 Å². The van der Waals surface area contributed by atoms with Crippen LogP contribution < -0.4 is 4.90 Å². The van der Waals surface area contributed by atoms with Crippen molar-refractivity contribution in [3.63, 3.8) is 0 Å². The number of aliphatic carboxylic acids is 1. The number of carbonyl (C=O) groups is 1. The third-order valence-electron chi connectivity index (χ3n) is 4.71. The fraction of sp³-hybridized carbons (Fsp3) is 0.278. The van der Waals surface area contributed by atoms with Gasteiger partial charge in [-0.15, -0.1) is 0 Å². The van der Waals surface area contributed by atoms with Crippen LogP contribution in [0.1, 0.15) is 12.0 Å². The number of halogens is 3. The highest BCUT2D eigenvalue weighted by Crippen LogP contribution is 2.32. The molecule has 9 heteroatoms. The van der Waals surface area contributed by atoms with E-state index in [1.54, 1.807) is 23.0 Å². The molecule has 1 saturated heterocycles. The fourth-order valence-electron chi connectivity index (χ4n) is 3.25. The van der Waals surface area contributed by atoms with Gasteiger partial charge in [-0.1, -0.05) is 12.1 Å². The lowest BCUT2D eigenvalue weighted by atomic mass is 10.1. The second-order valence-corrected chi connectivity index (χ2v) is 6.45. The molecule has 1 aromatic carbocycles. The molecule has 3 aromatic rings. The van der Waals surface area contributed by atoms with E-state index in [-0.39, 0.29) is 0 Å². The average molecular weight is 376 g/mol. The molecule has 0 saturated carbocycles. The number of fused-ring (bicyclic) bond motifs is 1. The molecular weight excluding hydrogens is 361 g/mol. The molecule has 0 radical (unpaired) electrons. The van der Waals surface area contributed by atoms with Crippen LogP contribution in [0.4, 0.5) is 19.0 Å². The Morgan fingerprint density at radius 1 is 1.22 bits per heavy atom. The first kappa shape index (κ1) is 17.3. The number of aromatic nitrogens is 3. The molecular formula is C18H15F3N4O2. The number of nitrogens with zero attached hydrogens (tertiary/aromatic N) is 4. The van der Waals surface area contributed by atoms with E-state index in [1.807, 2.05) is 4.90 Å². The smallest absolute Gasteiger partial charge is 0.416 e. The molecule has 0 aliphatic carbocycles. The molecule has 27 heavy (non-hydrogen) atoms. The molecule has 4 rings (SSSR count). The van der Waals surface area contributed by atoms with Crippen LogP contribution in [0.3, 0.4) is 0 Å². The highest BCUT2D eigenvalue weighted by molar-refractivity contribution is 5.76. The van der Waals surface area contributed by atoms with E-state index in [2.05, 4.69) is 9.97 Å². The molecule has 1 aliphatic rings. The summed E-state index contributed by atoms with van der Waals surface area (Å²) in [4.78, 5) is 21.9. The topological polar surface area (TPSA) is 70.7 Å². The summed E-state index contributed by atoms with van der Waals surface area (Å²) in [5.74, 6) is -0.733. The second-order valence-electron chi connectivity index (χ2n) is 6.45. The van der Waals surface area contributed by atoms with Crippen LogP contribution in [0.2, 0.25) is 0 Å². The number of carboxylic acid groups (broad SMARTS) is 1. The summed E-state index contributed by atoms with van der Waals surface area (Å²) in [6, 6.07) is 4.76. The third-order valence-corrected chi connectivity index (χ3v) is 4.71. The summed E-state index contributed by atoms with van der Waals surface area (Å²) >= 11 is 0. The molecule has 0 spiro atoms. The van der Waals surface area contributed by atoms with Gasteiger partial charge in [0, 0.05) is 31.0 Å². The quantitative estimate of drug-likeness (QED) is 0.759. The number of imidazole rings is 1. The Morgan fingerprint density at radius 3 is 2.59 bits per heavy atom. The summed E-state index contributed by atoms with van der Waals surface area (Å²) in [6.07, 6.45) is 1.17. The average Bonchev–Trinajstić information content (AvgIpc) is 3.29. The van der Waals surface area contributed by atoms with Crippen LogP contribution >= 0.6 is 0 Å². The van der Waals surface area contributed by atoms with Crippen LogP contribution in [0.5, 0.6) is 0 Å². The van der Waals surface area contributed by atoms with E-state index in [1.165, 1.54) is 12.1 Å². The molecule has 2 aromatic heterocycles. The minimum Gasteiger partial charge on any atom is -0.481 e. The lowest BCUT2D eigenvalue weighted by molar-refractivity contribution is -0.141. The fourth-order valence-corrected chi connectivity index (χ4v) is 3.25. The molecule has 3 heterocycles. The van der Waals surface area contributed by atoms with Gasteiger partial charge >= 0.3 is 12.1 Å². The zero-order valence-electron chi connectivity index (χ0n) is 14.0. The number of anilines is 1. The largest absolute Gasteiger partial charge is 0.481 e. The molecule has 1 fully saturated rings. The zero-order valence-corrected chi connectivity index (χ0v) is 14.0. The summed E-state index contributed by atoms with van der Waals surface area (Å²) in [5, 5.41) is 9.19. The summed E-state index contributed by atoms with van der Waals surface area (Å²) in [6.45, 7) is 0.894. The number of carboxylic acids is 1. The Balaban J connectivity index is 1.74. The Bertz CT molecular complexity index is 998. The van der Waals surface area contributed by atoms with Gasteiger partial charge < -0.3 is 14.4 Å². The van der Waals surface area contributed by atoms with Gasteiger partial charge in [0.05, 0.1) is 17.7 Å². The predicted octanol–water partition coefficient (Wildman–Crippen LogP) is 3.33. The number of rotatable bonds is 3. The second kappa shape index (κ2) is 6.26. The van der Waals surface area contributed by atoms with Gasteiger partial charge in [0.25, 0.3) is 0 Å². The minimum absolute atomic E-state index is 0.342. The lowest BCUT2D eigenvalue weighted by Gasteiger charge is -2.18. The van der Waals surface area contributed by atoms with E-state index in [0.717, 1.165) is 12.1 Å². The molecule has 0 bridgehead atoms. The molecule has 1 N–H and O–H groups in total. The first-order valence-electron chi connectivity index (χ1n) is 8.32. The van der Waals surface area contributed by atoms with Crippen molar-refractivity contribution < 1.29 is 23.1 Å². The Morgan fingerprint density at radius 2 is 1.96 bits per heavy atom. The van der Waals surface area contributed by atoms with Crippen LogP contribution in [-0.4, -0.2) is 38.5 Å². The van der Waals surface area contributed by atoms with Crippen LogP contribution in [-0.2, 0) is 11.0 Å².